The van der Waals surface area contributed by atoms with E-state index in [1.54, 1.807) is 24.3 Å². The van der Waals surface area contributed by atoms with E-state index in [9.17, 15) is 18.0 Å². The molecule has 0 aliphatic heterocycles. The number of carbonyl (C=O) groups is 2. The van der Waals surface area contributed by atoms with Crippen molar-refractivity contribution in [2.24, 2.45) is 5.92 Å². The zero-order chi connectivity index (χ0) is 20.9. The summed E-state index contributed by atoms with van der Waals surface area (Å²) in [5, 5.41) is 5.51. The van der Waals surface area contributed by atoms with E-state index in [0.717, 1.165) is 4.31 Å². The maximum Gasteiger partial charge on any atom is 0.255 e. The zero-order valence-corrected chi connectivity index (χ0v) is 17.2. The Morgan fingerprint density at radius 3 is 2.32 bits per heavy atom. The average molecular weight is 404 g/mol. The molecular formula is C20H25N3O4S. The lowest BCUT2D eigenvalue weighted by molar-refractivity contribution is 0.0950. The molecule has 0 aromatic heterocycles. The molecule has 2 rings (SSSR count). The van der Waals surface area contributed by atoms with Gasteiger partial charge >= 0.3 is 0 Å². The Hall–Kier alpha value is -2.71. The van der Waals surface area contributed by atoms with Crippen LogP contribution in [-0.4, -0.2) is 45.2 Å². The van der Waals surface area contributed by atoms with Gasteiger partial charge < -0.3 is 10.6 Å². The van der Waals surface area contributed by atoms with Gasteiger partial charge in [0.15, 0.2) is 0 Å². The van der Waals surface area contributed by atoms with Crippen molar-refractivity contribution < 1.29 is 18.0 Å². The highest BCUT2D eigenvalue weighted by Gasteiger charge is 2.19. The van der Waals surface area contributed by atoms with Crippen LogP contribution in [0.5, 0.6) is 0 Å². The van der Waals surface area contributed by atoms with Crippen LogP contribution in [0, 0.1) is 5.92 Å². The van der Waals surface area contributed by atoms with Gasteiger partial charge in [-0.25, -0.2) is 12.7 Å². The molecule has 0 atom stereocenters. The van der Waals surface area contributed by atoms with Crippen LogP contribution in [0.4, 0.5) is 5.69 Å². The van der Waals surface area contributed by atoms with Crippen LogP contribution in [0.15, 0.2) is 53.4 Å². The van der Waals surface area contributed by atoms with Crippen molar-refractivity contribution in [2.75, 3.05) is 26.0 Å². The molecule has 0 radical (unpaired) electrons. The van der Waals surface area contributed by atoms with Crippen molar-refractivity contribution in [2.45, 2.75) is 18.7 Å². The minimum atomic E-state index is -3.65. The highest BCUT2D eigenvalue weighted by atomic mass is 32.2. The Morgan fingerprint density at radius 1 is 1.00 bits per heavy atom. The third-order valence-electron chi connectivity index (χ3n) is 3.97. The summed E-state index contributed by atoms with van der Waals surface area (Å²) in [6, 6.07) is 12.4. The van der Waals surface area contributed by atoms with Gasteiger partial charge in [-0.05, 0) is 36.2 Å². The van der Waals surface area contributed by atoms with E-state index < -0.39 is 15.9 Å². The van der Waals surface area contributed by atoms with Crippen LogP contribution < -0.4 is 10.6 Å². The minimum Gasteiger partial charge on any atom is -0.352 e. The Balaban J connectivity index is 2.26. The Morgan fingerprint density at radius 2 is 1.68 bits per heavy atom. The predicted molar refractivity (Wildman–Crippen MR) is 109 cm³/mol. The summed E-state index contributed by atoms with van der Waals surface area (Å²) >= 11 is 0. The number of anilines is 1. The van der Waals surface area contributed by atoms with Crippen LogP contribution in [0.3, 0.4) is 0 Å². The molecule has 150 valence electrons. The quantitative estimate of drug-likeness (QED) is 0.743. The van der Waals surface area contributed by atoms with Gasteiger partial charge in [0.1, 0.15) is 0 Å². The molecule has 8 heteroatoms. The van der Waals surface area contributed by atoms with E-state index >= 15 is 0 Å². The van der Waals surface area contributed by atoms with Crippen molar-refractivity contribution in [3.8, 4) is 0 Å². The summed E-state index contributed by atoms with van der Waals surface area (Å²) in [6.45, 7) is 4.50. The van der Waals surface area contributed by atoms with E-state index in [0.29, 0.717) is 23.7 Å². The minimum absolute atomic E-state index is 0.0214. The van der Waals surface area contributed by atoms with Gasteiger partial charge in [0, 0.05) is 26.2 Å². The van der Waals surface area contributed by atoms with Crippen molar-refractivity contribution in [3.05, 3.63) is 59.7 Å². The molecule has 28 heavy (non-hydrogen) atoms. The molecule has 0 bridgehead atoms. The zero-order valence-electron chi connectivity index (χ0n) is 16.4. The van der Waals surface area contributed by atoms with E-state index in [-0.39, 0.29) is 16.4 Å². The molecule has 2 amide bonds. The number of benzene rings is 2. The fourth-order valence-electron chi connectivity index (χ4n) is 2.39. The van der Waals surface area contributed by atoms with Gasteiger partial charge in [-0.3, -0.25) is 9.59 Å². The van der Waals surface area contributed by atoms with E-state index in [1.807, 2.05) is 13.8 Å². The van der Waals surface area contributed by atoms with Crippen molar-refractivity contribution >= 4 is 27.5 Å². The number of sulfonamides is 1. The Labute approximate surface area is 165 Å². The number of nitrogens with zero attached hydrogens (tertiary/aromatic N) is 1. The van der Waals surface area contributed by atoms with Gasteiger partial charge in [0.05, 0.1) is 16.1 Å². The van der Waals surface area contributed by atoms with E-state index in [4.69, 9.17) is 0 Å². The van der Waals surface area contributed by atoms with Crippen molar-refractivity contribution in [1.82, 2.24) is 9.62 Å². The molecule has 2 aromatic rings. The van der Waals surface area contributed by atoms with Gasteiger partial charge in [-0.15, -0.1) is 0 Å². The predicted octanol–water partition coefficient (Wildman–Crippen LogP) is 2.58. The second-order valence-corrected chi connectivity index (χ2v) is 9.07. The monoisotopic (exact) mass is 403 g/mol. The summed E-state index contributed by atoms with van der Waals surface area (Å²) in [7, 11) is -0.804. The molecule has 0 spiro atoms. The van der Waals surface area contributed by atoms with Crippen molar-refractivity contribution in [3.63, 3.8) is 0 Å². The van der Waals surface area contributed by atoms with Crippen LogP contribution in [0.2, 0.25) is 0 Å². The van der Waals surface area contributed by atoms with Gasteiger partial charge in [-0.2, -0.15) is 0 Å². The summed E-state index contributed by atoms with van der Waals surface area (Å²) in [5.41, 5.74) is 0.878. The lowest BCUT2D eigenvalue weighted by Crippen LogP contribution is -2.28. The molecule has 0 aliphatic rings. The summed E-state index contributed by atoms with van der Waals surface area (Å²) < 4.78 is 25.6. The molecule has 0 unspecified atom stereocenters. The maximum absolute atomic E-state index is 12.7. The number of nitrogens with one attached hydrogen (secondary N) is 2. The normalized spacial score (nSPS) is 11.5. The topological polar surface area (TPSA) is 95.6 Å². The first-order chi connectivity index (χ1) is 13.1. The number of hydrogen-bond acceptors (Lipinski definition) is 4. The first-order valence-corrected chi connectivity index (χ1v) is 10.3. The number of hydrogen-bond donors (Lipinski definition) is 2. The maximum atomic E-state index is 12.7. The van der Waals surface area contributed by atoms with Crippen LogP contribution >= 0.6 is 0 Å². The first kappa shape index (κ1) is 21.6. The number of rotatable bonds is 7. The molecule has 0 saturated heterocycles. The van der Waals surface area contributed by atoms with Gasteiger partial charge in [-0.1, -0.05) is 32.0 Å². The summed E-state index contributed by atoms with van der Waals surface area (Å²) in [5.74, 6) is -0.486. The Kier molecular flexibility index (Phi) is 6.93. The largest absolute Gasteiger partial charge is 0.352 e. The highest BCUT2D eigenvalue weighted by Crippen LogP contribution is 2.19. The number of amides is 2. The third-order valence-corrected chi connectivity index (χ3v) is 5.78. The average Bonchev–Trinajstić information content (AvgIpc) is 2.66. The summed E-state index contributed by atoms with van der Waals surface area (Å²) in [6.07, 6.45) is 0. The van der Waals surface area contributed by atoms with E-state index in [2.05, 4.69) is 10.6 Å². The fraction of sp³-hybridized carbons (Fsp3) is 0.300. The molecule has 2 aromatic carbocycles. The first-order valence-electron chi connectivity index (χ1n) is 8.84. The standard InChI is InChI=1S/C20H25N3O4S/c1-14(2)13-21-20(25)17-10-5-6-11-18(17)22-19(24)15-8-7-9-16(12-15)28(26,27)23(3)4/h5-12,14H,13H2,1-4H3,(H,21,25)(H,22,24). The SMILES string of the molecule is CC(C)CNC(=O)c1ccccc1NC(=O)c1cccc(S(=O)(=O)N(C)C)c1. The van der Waals surface area contributed by atoms with Crippen LogP contribution in [0.1, 0.15) is 34.6 Å². The van der Waals surface area contributed by atoms with Gasteiger partial charge in [0.25, 0.3) is 11.8 Å². The van der Waals surface area contributed by atoms with Crippen molar-refractivity contribution in [1.29, 1.82) is 0 Å². The third kappa shape index (κ3) is 5.17. The molecular weight excluding hydrogens is 378 g/mol. The lowest BCUT2D eigenvalue weighted by atomic mass is 10.1. The molecule has 0 heterocycles. The Bertz CT molecular complexity index is 969. The molecule has 2 N–H and O–H groups in total. The smallest absolute Gasteiger partial charge is 0.255 e. The lowest BCUT2D eigenvalue weighted by Gasteiger charge is -2.14. The molecule has 0 fully saturated rings. The van der Waals surface area contributed by atoms with Gasteiger partial charge in [0.2, 0.25) is 10.0 Å². The molecule has 7 nitrogen and oxygen atoms in total. The van der Waals surface area contributed by atoms with Crippen LogP contribution in [0.25, 0.3) is 0 Å². The second-order valence-electron chi connectivity index (χ2n) is 6.92. The van der Waals surface area contributed by atoms with Crippen LogP contribution in [-0.2, 0) is 10.0 Å². The number of para-hydroxylation sites is 1. The molecule has 0 aliphatic carbocycles. The number of carbonyl (C=O) groups excluding carboxylic acids is 2. The van der Waals surface area contributed by atoms with E-state index in [1.165, 1.54) is 38.4 Å². The summed E-state index contributed by atoms with van der Waals surface area (Å²) in [4.78, 5) is 25.1. The second kappa shape index (κ2) is 8.99. The highest BCUT2D eigenvalue weighted by molar-refractivity contribution is 7.89. The molecule has 0 saturated carbocycles. The fourth-order valence-corrected chi connectivity index (χ4v) is 3.33.